The lowest BCUT2D eigenvalue weighted by molar-refractivity contribution is 0.180. The smallest absolute Gasteiger partial charge is 0.0587 e. The van der Waals surface area contributed by atoms with Gasteiger partial charge in [0.1, 0.15) is 0 Å². The molecule has 0 aromatic heterocycles. The lowest BCUT2D eigenvalue weighted by Crippen LogP contribution is -2.23. The van der Waals surface area contributed by atoms with Crippen molar-refractivity contribution < 1.29 is 9.47 Å². The van der Waals surface area contributed by atoms with Crippen molar-refractivity contribution in [3.05, 3.63) is 0 Å². The van der Waals surface area contributed by atoms with Crippen molar-refractivity contribution in [2.45, 2.75) is 0 Å². The number of methoxy groups -OCH3 is 2. The highest BCUT2D eigenvalue weighted by molar-refractivity contribution is 7.59. The van der Waals surface area contributed by atoms with Gasteiger partial charge >= 0.3 is 0 Å². The van der Waals surface area contributed by atoms with Gasteiger partial charge in [-0.1, -0.05) is 0 Å². The highest BCUT2D eigenvalue weighted by Crippen LogP contribution is 1.65. The van der Waals surface area contributed by atoms with Crippen molar-refractivity contribution in [1.29, 1.82) is 0 Å². The molecule has 0 aromatic rings. The molecule has 0 atom stereocenters. The van der Waals surface area contributed by atoms with Crippen molar-refractivity contribution in [2.75, 3.05) is 40.5 Å². The average Bonchev–Trinajstić information content (AvgIpc) is 1.89. The molecule has 64 valence electrons. The molecule has 0 radical (unpaired) electrons. The molecule has 0 saturated carbocycles. The van der Waals surface area contributed by atoms with E-state index in [1.54, 1.807) is 14.2 Å². The molecule has 10 heavy (non-hydrogen) atoms. The third-order valence-corrected chi connectivity index (χ3v) is 0.966. The lowest BCUT2D eigenvalue weighted by atomic mass is 10.6. The Labute approximate surface area is 69.5 Å². The highest BCUT2D eigenvalue weighted by atomic mass is 32.1. The Bertz CT molecular complexity index is 49.0. The van der Waals surface area contributed by atoms with Crippen LogP contribution in [0.15, 0.2) is 0 Å². The first kappa shape index (κ1) is 12.9. The van der Waals surface area contributed by atoms with E-state index in [0.717, 1.165) is 26.3 Å². The second-order valence-electron chi connectivity index (χ2n) is 1.74. The van der Waals surface area contributed by atoms with E-state index in [0.29, 0.717) is 0 Å². The summed E-state index contributed by atoms with van der Waals surface area (Å²) in [6, 6.07) is 0. The minimum absolute atomic E-state index is 0. The minimum atomic E-state index is 0. The molecular weight excluding hydrogens is 150 g/mol. The van der Waals surface area contributed by atoms with Crippen molar-refractivity contribution in [3.63, 3.8) is 0 Å². The van der Waals surface area contributed by atoms with E-state index in [1.165, 1.54) is 0 Å². The normalized spacial score (nSPS) is 9.00. The topological polar surface area (TPSA) is 30.5 Å². The highest BCUT2D eigenvalue weighted by Gasteiger charge is 1.83. The van der Waals surface area contributed by atoms with Crippen LogP contribution in [-0.2, 0) is 9.47 Å². The average molecular weight is 167 g/mol. The van der Waals surface area contributed by atoms with Gasteiger partial charge in [-0.25, -0.2) is 0 Å². The molecule has 1 N–H and O–H groups in total. The quantitative estimate of drug-likeness (QED) is 0.564. The van der Waals surface area contributed by atoms with Crippen LogP contribution in [0.3, 0.4) is 0 Å². The van der Waals surface area contributed by atoms with E-state index in [-0.39, 0.29) is 13.5 Å². The molecule has 3 nitrogen and oxygen atoms in total. The SMILES string of the molecule is COCCNCCOC.S. The molecule has 0 spiro atoms. The van der Waals surface area contributed by atoms with Gasteiger partial charge in [-0.15, -0.1) is 0 Å². The third kappa shape index (κ3) is 11.1. The van der Waals surface area contributed by atoms with Gasteiger partial charge in [-0.3, -0.25) is 0 Å². The number of nitrogens with one attached hydrogen (secondary N) is 1. The molecule has 0 fully saturated rings. The zero-order chi connectivity index (χ0) is 6.95. The van der Waals surface area contributed by atoms with Crippen molar-refractivity contribution in [3.8, 4) is 0 Å². The molecule has 0 amide bonds. The summed E-state index contributed by atoms with van der Waals surface area (Å²) >= 11 is 0. The fourth-order valence-electron chi connectivity index (χ4n) is 0.473. The van der Waals surface area contributed by atoms with E-state index in [4.69, 9.17) is 9.47 Å². The lowest BCUT2D eigenvalue weighted by Gasteiger charge is -2.01. The van der Waals surface area contributed by atoms with E-state index in [9.17, 15) is 0 Å². The van der Waals surface area contributed by atoms with Crippen LogP contribution in [0.4, 0.5) is 0 Å². The van der Waals surface area contributed by atoms with E-state index < -0.39 is 0 Å². The van der Waals surface area contributed by atoms with E-state index >= 15 is 0 Å². The summed E-state index contributed by atoms with van der Waals surface area (Å²) in [6.45, 7) is 3.34. The number of ether oxygens (including phenoxy) is 2. The number of hydrogen-bond acceptors (Lipinski definition) is 3. The van der Waals surface area contributed by atoms with Crippen LogP contribution in [0.1, 0.15) is 0 Å². The maximum absolute atomic E-state index is 4.82. The van der Waals surface area contributed by atoms with Crippen LogP contribution in [0.25, 0.3) is 0 Å². The molecule has 0 heterocycles. The first-order chi connectivity index (χ1) is 4.41. The monoisotopic (exact) mass is 167 g/mol. The zero-order valence-electron chi connectivity index (χ0n) is 6.64. The van der Waals surface area contributed by atoms with Gasteiger partial charge in [-0.05, 0) is 0 Å². The Morgan fingerprint density at radius 3 is 1.70 bits per heavy atom. The van der Waals surface area contributed by atoms with Crippen molar-refractivity contribution in [2.24, 2.45) is 0 Å². The van der Waals surface area contributed by atoms with Crippen LogP contribution in [0.2, 0.25) is 0 Å². The summed E-state index contributed by atoms with van der Waals surface area (Å²) in [4.78, 5) is 0. The van der Waals surface area contributed by atoms with Gasteiger partial charge in [0.15, 0.2) is 0 Å². The summed E-state index contributed by atoms with van der Waals surface area (Å²) in [6.07, 6.45) is 0. The second-order valence-corrected chi connectivity index (χ2v) is 1.74. The van der Waals surface area contributed by atoms with Crippen LogP contribution in [-0.4, -0.2) is 40.5 Å². The van der Waals surface area contributed by atoms with Crippen LogP contribution < -0.4 is 5.32 Å². The standard InChI is InChI=1S/C6H15NO2.H2S/c1-8-5-3-7-4-6-9-2;/h7H,3-6H2,1-2H3;1H2. The molecule has 0 aromatic carbocycles. The van der Waals surface area contributed by atoms with Gasteiger partial charge in [0.2, 0.25) is 0 Å². The molecule has 0 aliphatic rings. The van der Waals surface area contributed by atoms with E-state index in [1.807, 2.05) is 0 Å². The van der Waals surface area contributed by atoms with Crippen molar-refractivity contribution >= 4 is 13.5 Å². The Morgan fingerprint density at radius 2 is 1.40 bits per heavy atom. The minimum Gasteiger partial charge on any atom is -0.383 e. The van der Waals surface area contributed by atoms with Gasteiger partial charge in [0.25, 0.3) is 0 Å². The molecule has 0 saturated heterocycles. The fourth-order valence-corrected chi connectivity index (χ4v) is 0.473. The summed E-state index contributed by atoms with van der Waals surface area (Å²) in [5.41, 5.74) is 0. The van der Waals surface area contributed by atoms with Gasteiger partial charge in [0, 0.05) is 27.3 Å². The van der Waals surface area contributed by atoms with Gasteiger partial charge in [0.05, 0.1) is 13.2 Å². The fraction of sp³-hybridized carbons (Fsp3) is 1.00. The Hall–Kier alpha value is 0.230. The molecule has 0 unspecified atom stereocenters. The number of hydrogen-bond donors (Lipinski definition) is 1. The Kier molecular flexibility index (Phi) is 15.4. The predicted octanol–water partition coefficient (Wildman–Crippen LogP) is -0.0184. The maximum atomic E-state index is 4.82. The van der Waals surface area contributed by atoms with Crippen molar-refractivity contribution in [1.82, 2.24) is 5.32 Å². The molecule has 0 aliphatic carbocycles. The van der Waals surface area contributed by atoms with Crippen LogP contribution >= 0.6 is 13.5 Å². The van der Waals surface area contributed by atoms with Crippen LogP contribution in [0.5, 0.6) is 0 Å². The summed E-state index contributed by atoms with van der Waals surface area (Å²) in [5, 5.41) is 3.14. The third-order valence-electron chi connectivity index (χ3n) is 0.966. The zero-order valence-corrected chi connectivity index (χ0v) is 7.64. The maximum Gasteiger partial charge on any atom is 0.0587 e. The largest absolute Gasteiger partial charge is 0.383 e. The Balaban J connectivity index is 0. The molecule has 0 rings (SSSR count). The number of rotatable bonds is 6. The van der Waals surface area contributed by atoms with Gasteiger partial charge < -0.3 is 14.8 Å². The Morgan fingerprint density at radius 1 is 1.00 bits per heavy atom. The first-order valence-electron chi connectivity index (χ1n) is 3.10. The predicted molar refractivity (Wildman–Crippen MR) is 47.0 cm³/mol. The second kappa shape index (κ2) is 12.0. The molecule has 0 aliphatic heterocycles. The summed E-state index contributed by atoms with van der Waals surface area (Å²) in [7, 11) is 3.38. The van der Waals surface area contributed by atoms with Crippen LogP contribution in [0, 0.1) is 0 Å². The summed E-state index contributed by atoms with van der Waals surface area (Å²) in [5.74, 6) is 0. The van der Waals surface area contributed by atoms with Gasteiger partial charge in [-0.2, -0.15) is 13.5 Å². The van der Waals surface area contributed by atoms with E-state index in [2.05, 4.69) is 5.32 Å². The molecule has 4 heteroatoms. The molecular formula is C6H17NO2S. The summed E-state index contributed by atoms with van der Waals surface area (Å²) < 4.78 is 9.64. The molecule has 0 bridgehead atoms. The first-order valence-corrected chi connectivity index (χ1v) is 3.10.